The zero-order valence-electron chi connectivity index (χ0n) is 13.6. The summed E-state index contributed by atoms with van der Waals surface area (Å²) in [4.78, 5) is 10.9. The Kier molecular flexibility index (Phi) is 5.76. The fraction of sp³-hybridized carbons (Fsp3) is 0.125. The van der Waals surface area contributed by atoms with Crippen molar-refractivity contribution < 1.29 is 21.6 Å². The van der Waals surface area contributed by atoms with Gasteiger partial charge >= 0.3 is 0 Å². The Morgan fingerprint density at radius 2 is 1.73 bits per heavy atom. The van der Waals surface area contributed by atoms with E-state index >= 15 is 0 Å². The van der Waals surface area contributed by atoms with E-state index in [0.29, 0.717) is 5.56 Å². The molecule has 26 heavy (non-hydrogen) atoms. The topological polar surface area (TPSA) is 133 Å². The Morgan fingerprint density at radius 1 is 1.04 bits per heavy atom. The van der Waals surface area contributed by atoms with E-state index in [1.54, 1.807) is 23.2 Å². The fourth-order valence-corrected chi connectivity index (χ4v) is 5.25. The number of anilines is 1. The van der Waals surface area contributed by atoms with E-state index in [4.69, 9.17) is 5.26 Å². The Labute approximate surface area is 151 Å². The van der Waals surface area contributed by atoms with Gasteiger partial charge in [0.1, 0.15) is 11.3 Å². The van der Waals surface area contributed by atoms with Gasteiger partial charge < -0.3 is 5.32 Å². The third-order valence-corrected chi connectivity index (χ3v) is 6.77. The highest BCUT2D eigenvalue weighted by Crippen LogP contribution is 2.22. The first-order chi connectivity index (χ1) is 12.2. The maximum atomic E-state index is 12.6. The molecule has 8 nitrogen and oxygen atoms in total. The van der Waals surface area contributed by atoms with Crippen LogP contribution in [-0.4, -0.2) is 22.7 Å². The SMILES string of the molecule is Cc1cccc(S(=O)(=O)NS(=O)(=O)c2ccccc2NC(=O)CC#N)c1. The summed E-state index contributed by atoms with van der Waals surface area (Å²) in [6.07, 6.45) is -0.469. The summed E-state index contributed by atoms with van der Waals surface area (Å²) in [7, 11) is -8.85. The predicted octanol–water partition coefficient (Wildman–Crippen LogP) is 1.51. The molecule has 0 saturated carbocycles. The number of aryl methyl sites for hydroxylation is 1. The standard InChI is InChI=1S/C16H15N3O5S2/c1-12-5-4-6-13(11-12)25(21,22)19-26(23,24)15-8-3-2-7-14(15)18-16(20)9-10-17/h2-8,11,19H,9H2,1H3,(H,18,20). The number of nitriles is 1. The Bertz CT molecular complexity index is 1090. The second kappa shape index (κ2) is 7.65. The average molecular weight is 393 g/mol. The summed E-state index contributed by atoms with van der Waals surface area (Å²) in [6.45, 7) is 1.67. The molecule has 0 fully saturated rings. The van der Waals surface area contributed by atoms with Gasteiger partial charge in [-0.25, -0.2) is 16.8 Å². The summed E-state index contributed by atoms with van der Waals surface area (Å²) < 4.78 is 51.6. The summed E-state index contributed by atoms with van der Waals surface area (Å²) in [5.74, 6) is -0.711. The molecule has 0 saturated heterocycles. The maximum Gasteiger partial charge on any atom is 0.255 e. The van der Waals surface area contributed by atoms with Gasteiger partial charge in [-0.2, -0.15) is 5.26 Å². The number of nitrogens with one attached hydrogen (secondary N) is 2. The fourth-order valence-electron chi connectivity index (χ4n) is 2.09. The number of rotatable bonds is 6. The third kappa shape index (κ3) is 4.66. The molecule has 0 heterocycles. The van der Waals surface area contributed by atoms with Crippen molar-refractivity contribution in [1.29, 1.82) is 5.26 Å². The molecular weight excluding hydrogens is 378 g/mol. The first-order valence-electron chi connectivity index (χ1n) is 7.27. The van der Waals surface area contributed by atoms with Crippen molar-refractivity contribution in [2.75, 3.05) is 5.32 Å². The highest BCUT2D eigenvalue weighted by atomic mass is 32.3. The second-order valence-corrected chi connectivity index (χ2v) is 8.88. The zero-order chi connectivity index (χ0) is 19.4. The van der Waals surface area contributed by atoms with Crippen LogP contribution in [0.5, 0.6) is 0 Å². The van der Waals surface area contributed by atoms with Crippen LogP contribution in [0.4, 0.5) is 5.69 Å². The smallest absolute Gasteiger partial charge is 0.255 e. The van der Waals surface area contributed by atoms with Crippen molar-refractivity contribution >= 4 is 31.6 Å². The van der Waals surface area contributed by atoms with Gasteiger partial charge in [0.2, 0.25) is 5.91 Å². The number of carbonyl (C=O) groups excluding carboxylic acids is 1. The van der Waals surface area contributed by atoms with Gasteiger partial charge in [0.25, 0.3) is 20.0 Å². The number of para-hydroxylation sites is 1. The van der Waals surface area contributed by atoms with Crippen LogP contribution < -0.4 is 9.44 Å². The summed E-state index contributed by atoms with van der Waals surface area (Å²) in [5.41, 5.74) is 0.522. The number of amides is 1. The van der Waals surface area contributed by atoms with Gasteiger partial charge in [-0.15, -0.1) is 4.13 Å². The van der Waals surface area contributed by atoms with Gasteiger partial charge in [-0.3, -0.25) is 4.79 Å². The molecule has 0 unspecified atom stereocenters. The molecule has 2 rings (SSSR count). The van der Waals surface area contributed by atoms with E-state index in [2.05, 4.69) is 5.32 Å². The molecule has 0 atom stereocenters. The predicted molar refractivity (Wildman–Crippen MR) is 94.0 cm³/mol. The highest BCUT2D eigenvalue weighted by molar-refractivity contribution is 8.04. The van der Waals surface area contributed by atoms with Crippen LogP contribution in [0.15, 0.2) is 58.3 Å². The van der Waals surface area contributed by atoms with Crippen molar-refractivity contribution in [2.45, 2.75) is 23.1 Å². The van der Waals surface area contributed by atoms with E-state index in [1.165, 1.54) is 36.4 Å². The lowest BCUT2D eigenvalue weighted by atomic mass is 10.2. The highest BCUT2D eigenvalue weighted by Gasteiger charge is 2.27. The van der Waals surface area contributed by atoms with Crippen molar-refractivity contribution in [2.24, 2.45) is 0 Å². The quantitative estimate of drug-likeness (QED) is 0.764. The van der Waals surface area contributed by atoms with E-state index in [9.17, 15) is 21.6 Å². The lowest BCUT2D eigenvalue weighted by molar-refractivity contribution is -0.115. The minimum Gasteiger partial charge on any atom is -0.324 e. The number of hydrogen-bond acceptors (Lipinski definition) is 6. The second-order valence-electron chi connectivity index (χ2n) is 5.29. The average Bonchev–Trinajstić information content (AvgIpc) is 2.54. The van der Waals surface area contributed by atoms with Crippen LogP contribution in [0.2, 0.25) is 0 Å². The number of benzene rings is 2. The van der Waals surface area contributed by atoms with Gasteiger partial charge in [0.05, 0.1) is 16.7 Å². The van der Waals surface area contributed by atoms with Crippen LogP contribution in [-0.2, 0) is 24.8 Å². The molecular formula is C16H15N3O5S2. The molecule has 136 valence electrons. The lowest BCUT2D eigenvalue weighted by Gasteiger charge is -2.12. The molecule has 0 spiro atoms. The van der Waals surface area contributed by atoms with Crippen LogP contribution in [0.1, 0.15) is 12.0 Å². The molecule has 0 bridgehead atoms. The minimum atomic E-state index is -4.51. The Balaban J connectivity index is 2.40. The maximum absolute atomic E-state index is 12.6. The largest absolute Gasteiger partial charge is 0.324 e. The monoisotopic (exact) mass is 393 g/mol. The number of nitrogens with zero attached hydrogens (tertiary/aromatic N) is 1. The van der Waals surface area contributed by atoms with Crippen molar-refractivity contribution in [1.82, 2.24) is 4.13 Å². The molecule has 0 aromatic heterocycles. The van der Waals surface area contributed by atoms with Crippen LogP contribution >= 0.6 is 0 Å². The molecule has 0 aliphatic rings. The van der Waals surface area contributed by atoms with Gasteiger partial charge in [-0.05, 0) is 36.8 Å². The first kappa shape index (κ1) is 19.6. The van der Waals surface area contributed by atoms with Gasteiger partial charge in [0.15, 0.2) is 0 Å². The number of sulfonamides is 2. The summed E-state index contributed by atoms with van der Waals surface area (Å²) in [5, 5.41) is 10.8. The molecule has 2 aromatic carbocycles. The van der Waals surface area contributed by atoms with Crippen molar-refractivity contribution in [3.63, 3.8) is 0 Å². The van der Waals surface area contributed by atoms with Gasteiger partial charge in [0, 0.05) is 0 Å². The molecule has 2 N–H and O–H groups in total. The minimum absolute atomic E-state index is 0.125. The Morgan fingerprint density at radius 3 is 2.38 bits per heavy atom. The van der Waals surface area contributed by atoms with Gasteiger partial charge in [-0.1, -0.05) is 24.3 Å². The zero-order valence-corrected chi connectivity index (χ0v) is 15.3. The van der Waals surface area contributed by atoms with Crippen molar-refractivity contribution in [3.05, 3.63) is 54.1 Å². The number of carbonyl (C=O) groups is 1. The first-order valence-corrected chi connectivity index (χ1v) is 10.2. The van der Waals surface area contributed by atoms with Crippen molar-refractivity contribution in [3.8, 4) is 6.07 Å². The molecule has 10 heteroatoms. The van der Waals surface area contributed by atoms with E-state index in [-0.39, 0.29) is 10.6 Å². The molecule has 1 amide bonds. The Hall–Kier alpha value is -2.74. The van der Waals surface area contributed by atoms with Crippen LogP contribution in [0, 0.1) is 18.3 Å². The van der Waals surface area contributed by atoms with Crippen LogP contribution in [0.3, 0.4) is 0 Å². The molecule has 0 radical (unpaired) electrons. The van der Waals surface area contributed by atoms with E-state index < -0.39 is 37.3 Å². The van der Waals surface area contributed by atoms with E-state index in [0.717, 1.165) is 6.07 Å². The summed E-state index contributed by atoms with van der Waals surface area (Å²) in [6, 6.07) is 12.7. The third-order valence-electron chi connectivity index (χ3n) is 3.21. The van der Waals surface area contributed by atoms with Crippen LogP contribution in [0.25, 0.3) is 0 Å². The summed E-state index contributed by atoms with van der Waals surface area (Å²) >= 11 is 0. The molecule has 0 aliphatic carbocycles. The lowest BCUT2D eigenvalue weighted by Crippen LogP contribution is -2.31. The number of hydrogen-bond donors (Lipinski definition) is 2. The normalized spacial score (nSPS) is 11.5. The molecule has 2 aromatic rings. The molecule has 0 aliphatic heterocycles. The van der Waals surface area contributed by atoms with E-state index in [1.807, 2.05) is 0 Å².